The van der Waals surface area contributed by atoms with Crippen LogP contribution in [0.1, 0.15) is 32.3 Å². The fourth-order valence-electron chi connectivity index (χ4n) is 2.01. The molecule has 1 N–H and O–H groups in total. The number of rotatable bonds is 4. The number of pyridine rings is 1. The fraction of sp³-hybridized carbons (Fsp3) is 0.615. The number of aryl methyl sites for hydroxylation is 1. The molecule has 16 heavy (non-hydrogen) atoms. The van der Waals surface area contributed by atoms with Crippen LogP contribution >= 0.6 is 0 Å². The summed E-state index contributed by atoms with van der Waals surface area (Å²) in [6, 6.07) is 5.15. The summed E-state index contributed by atoms with van der Waals surface area (Å²) in [5, 5.41) is 3.51. The standard InChI is InChI=1S/C13H20N2O/c1-9(2)15-11-7-12(8-11)16-13-6-10(3)4-5-14-13/h4-6,9,11-12,15H,7-8H2,1-3H3. The van der Waals surface area contributed by atoms with Crippen LogP contribution < -0.4 is 10.1 Å². The third-order valence-electron chi connectivity index (χ3n) is 2.84. The molecular weight excluding hydrogens is 200 g/mol. The first-order valence-electron chi connectivity index (χ1n) is 5.99. The van der Waals surface area contributed by atoms with Crippen molar-refractivity contribution in [2.45, 2.75) is 51.8 Å². The van der Waals surface area contributed by atoms with Crippen LogP contribution in [0, 0.1) is 6.92 Å². The first-order chi connectivity index (χ1) is 7.63. The van der Waals surface area contributed by atoms with Gasteiger partial charge in [-0.15, -0.1) is 0 Å². The highest BCUT2D eigenvalue weighted by atomic mass is 16.5. The van der Waals surface area contributed by atoms with E-state index in [9.17, 15) is 0 Å². The minimum Gasteiger partial charge on any atom is -0.474 e. The predicted octanol–water partition coefficient (Wildman–Crippen LogP) is 2.30. The zero-order chi connectivity index (χ0) is 11.5. The van der Waals surface area contributed by atoms with Gasteiger partial charge in [0.25, 0.3) is 0 Å². The number of hydrogen-bond acceptors (Lipinski definition) is 3. The van der Waals surface area contributed by atoms with Crippen molar-refractivity contribution in [1.29, 1.82) is 0 Å². The second-order valence-corrected chi connectivity index (χ2v) is 4.90. The monoisotopic (exact) mass is 220 g/mol. The van der Waals surface area contributed by atoms with Gasteiger partial charge in [-0.3, -0.25) is 0 Å². The molecule has 0 amide bonds. The minimum absolute atomic E-state index is 0.338. The van der Waals surface area contributed by atoms with Crippen LogP contribution in [0.25, 0.3) is 0 Å². The molecule has 0 aromatic carbocycles. The van der Waals surface area contributed by atoms with Crippen molar-refractivity contribution in [3.8, 4) is 5.88 Å². The number of nitrogens with one attached hydrogen (secondary N) is 1. The third kappa shape index (κ3) is 2.95. The average molecular weight is 220 g/mol. The minimum atomic E-state index is 0.338. The van der Waals surface area contributed by atoms with E-state index in [1.54, 1.807) is 6.20 Å². The molecule has 1 aromatic heterocycles. The van der Waals surface area contributed by atoms with E-state index in [-0.39, 0.29) is 0 Å². The van der Waals surface area contributed by atoms with Crippen molar-refractivity contribution >= 4 is 0 Å². The van der Waals surface area contributed by atoms with Gasteiger partial charge in [-0.05, 0) is 31.4 Å². The topological polar surface area (TPSA) is 34.1 Å². The maximum atomic E-state index is 5.79. The molecule has 1 heterocycles. The van der Waals surface area contributed by atoms with Gasteiger partial charge in [-0.1, -0.05) is 13.8 Å². The van der Waals surface area contributed by atoms with Crippen molar-refractivity contribution in [3.05, 3.63) is 23.9 Å². The van der Waals surface area contributed by atoms with E-state index in [0.717, 1.165) is 18.7 Å². The fourth-order valence-corrected chi connectivity index (χ4v) is 2.01. The zero-order valence-corrected chi connectivity index (χ0v) is 10.2. The van der Waals surface area contributed by atoms with Crippen LogP contribution in [0.5, 0.6) is 5.88 Å². The molecule has 1 aliphatic rings. The van der Waals surface area contributed by atoms with E-state index in [0.29, 0.717) is 18.2 Å². The lowest BCUT2D eigenvalue weighted by atomic mass is 9.89. The molecule has 0 spiro atoms. The number of nitrogens with zero attached hydrogens (tertiary/aromatic N) is 1. The van der Waals surface area contributed by atoms with Gasteiger partial charge in [0.2, 0.25) is 5.88 Å². The highest BCUT2D eigenvalue weighted by molar-refractivity contribution is 5.19. The van der Waals surface area contributed by atoms with E-state index in [2.05, 4.69) is 31.1 Å². The molecule has 1 fully saturated rings. The van der Waals surface area contributed by atoms with E-state index < -0.39 is 0 Å². The Bertz CT molecular complexity index is 346. The largest absolute Gasteiger partial charge is 0.474 e. The summed E-state index contributed by atoms with van der Waals surface area (Å²) >= 11 is 0. The second kappa shape index (κ2) is 4.83. The normalized spacial score (nSPS) is 24.2. The van der Waals surface area contributed by atoms with Crippen LogP contribution in [0.15, 0.2) is 18.3 Å². The predicted molar refractivity (Wildman–Crippen MR) is 64.7 cm³/mol. The van der Waals surface area contributed by atoms with Gasteiger partial charge in [-0.25, -0.2) is 4.98 Å². The van der Waals surface area contributed by atoms with Crippen LogP contribution in [0.3, 0.4) is 0 Å². The van der Waals surface area contributed by atoms with Crippen molar-refractivity contribution < 1.29 is 4.74 Å². The lowest BCUT2D eigenvalue weighted by Crippen LogP contribution is -2.49. The Morgan fingerprint density at radius 1 is 1.44 bits per heavy atom. The molecule has 0 unspecified atom stereocenters. The van der Waals surface area contributed by atoms with Gasteiger partial charge in [0, 0.05) is 24.3 Å². The number of aromatic nitrogens is 1. The smallest absolute Gasteiger partial charge is 0.213 e. The molecule has 1 saturated carbocycles. The molecule has 3 nitrogen and oxygen atoms in total. The molecule has 0 atom stereocenters. The van der Waals surface area contributed by atoms with Gasteiger partial charge in [0.05, 0.1) is 0 Å². The summed E-state index contributed by atoms with van der Waals surface area (Å²) in [6.07, 6.45) is 4.32. The van der Waals surface area contributed by atoms with E-state index in [1.165, 1.54) is 5.56 Å². The van der Waals surface area contributed by atoms with Crippen LogP contribution in [-0.2, 0) is 0 Å². The SMILES string of the molecule is Cc1ccnc(OC2CC(NC(C)C)C2)c1. The summed E-state index contributed by atoms with van der Waals surface area (Å²) in [6.45, 7) is 6.41. The first-order valence-corrected chi connectivity index (χ1v) is 5.99. The zero-order valence-electron chi connectivity index (χ0n) is 10.2. The maximum absolute atomic E-state index is 5.79. The van der Waals surface area contributed by atoms with Gasteiger partial charge in [0.1, 0.15) is 6.10 Å². The maximum Gasteiger partial charge on any atom is 0.213 e. The molecule has 0 bridgehead atoms. The van der Waals surface area contributed by atoms with Crippen molar-refractivity contribution in [2.75, 3.05) is 0 Å². The summed E-state index contributed by atoms with van der Waals surface area (Å²) in [5.74, 6) is 0.757. The molecule has 1 aliphatic carbocycles. The van der Waals surface area contributed by atoms with Crippen LogP contribution in [0.2, 0.25) is 0 Å². The Balaban J connectivity index is 1.77. The molecule has 3 heteroatoms. The molecule has 0 aliphatic heterocycles. The van der Waals surface area contributed by atoms with E-state index >= 15 is 0 Å². The van der Waals surface area contributed by atoms with Crippen molar-refractivity contribution in [2.24, 2.45) is 0 Å². The van der Waals surface area contributed by atoms with Crippen molar-refractivity contribution in [1.82, 2.24) is 10.3 Å². The molecule has 88 valence electrons. The lowest BCUT2D eigenvalue weighted by molar-refractivity contribution is 0.0771. The Kier molecular flexibility index (Phi) is 3.44. The second-order valence-electron chi connectivity index (χ2n) is 4.90. The summed E-state index contributed by atoms with van der Waals surface area (Å²) in [7, 11) is 0. The average Bonchev–Trinajstić information content (AvgIpc) is 2.14. The van der Waals surface area contributed by atoms with Gasteiger partial charge in [-0.2, -0.15) is 0 Å². The summed E-state index contributed by atoms with van der Waals surface area (Å²) in [5.41, 5.74) is 1.20. The highest BCUT2D eigenvalue weighted by Crippen LogP contribution is 2.25. The number of ether oxygens (including phenoxy) is 1. The Morgan fingerprint density at radius 3 is 2.81 bits per heavy atom. The third-order valence-corrected chi connectivity index (χ3v) is 2.84. The summed E-state index contributed by atoms with van der Waals surface area (Å²) in [4.78, 5) is 4.20. The molecule has 0 radical (unpaired) electrons. The van der Waals surface area contributed by atoms with Gasteiger partial charge < -0.3 is 10.1 Å². The molecule has 2 rings (SSSR count). The van der Waals surface area contributed by atoms with Crippen molar-refractivity contribution in [3.63, 3.8) is 0 Å². The Hall–Kier alpha value is -1.09. The molecule has 0 saturated heterocycles. The molecular formula is C13H20N2O. The van der Waals surface area contributed by atoms with Crippen LogP contribution in [0.4, 0.5) is 0 Å². The summed E-state index contributed by atoms with van der Waals surface area (Å²) < 4.78 is 5.79. The van der Waals surface area contributed by atoms with Gasteiger partial charge in [0.15, 0.2) is 0 Å². The van der Waals surface area contributed by atoms with Crippen LogP contribution in [-0.4, -0.2) is 23.2 Å². The number of hydrogen-bond donors (Lipinski definition) is 1. The van der Waals surface area contributed by atoms with Gasteiger partial charge >= 0.3 is 0 Å². The Morgan fingerprint density at radius 2 is 2.19 bits per heavy atom. The molecule has 1 aromatic rings. The highest BCUT2D eigenvalue weighted by Gasteiger charge is 2.31. The quantitative estimate of drug-likeness (QED) is 0.845. The van der Waals surface area contributed by atoms with E-state index in [1.807, 2.05) is 12.1 Å². The lowest BCUT2D eigenvalue weighted by Gasteiger charge is -2.36. The van der Waals surface area contributed by atoms with E-state index in [4.69, 9.17) is 4.74 Å². The first kappa shape index (κ1) is 11.4. The Labute approximate surface area is 97.2 Å².